The van der Waals surface area contributed by atoms with E-state index in [1.54, 1.807) is 0 Å². The van der Waals surface area contributed by atoms with Gasteiger partial charge in [0.25, 0.3) is 0 Å². The number of carbonyl (C=O) groups is 1. The number of hydrogen-bond donors (Lipinski definition) is 1. The lowest BCUT2D eigenvalue weighted by Gasteiger charge is -2.19. The molecule has 0 radical (unpaired) electrons. The van der Waals surface area contributed by atoms with Crippen molar-refractivity contribution in [3.05, 3.63) is 0 Å². The van der Waals surface area contributed by atoms with Crippen LogP contribution in [-0.2, 0) is 4.79 Å². The molecule has 0 saturated carbocycles. The van der Waals surface area contributed by atoms with Gasteiger partial charge in [0.1, 0.15) is 5.78 Å². The summed E-state index contributed by atoms with van der Waals surface area (Å²) >= 11 is 0. The van der Waals surface area contributed by atoms with Crippen LogP contribution in [-0.4, -0.2) is 24.0 Å². The molecule has 0 aromatic rings. The molecule has 15 heavy (non-hydrogen) atoms. The number of alkyl halides is 3. The molecule has 0 spiro atoms. The normalized spacial score (nSPS) is 12.9. The summed E-state index contributed by atoms with van der Waals surface area (Å²) in [6, 6.07) is 0. The Labute approximate surface area is 88.2 Å². The third-order valence-electron chi connectivity index (χ3n) is 1.73. The highest BCUT2D eigenvalue weighted by Crippen LogP contribution is 2.22. The van der Waals surface area contributed by atoms with Gasteiger partial charge in [-0.1, -0.05) is 0 Å². The van der Waals surface area contributed by atoms with Crippen LogP contribution in [0.2, 0.25) is 0 Å². The van der Waals surface area contributed by atoms with Gasteiger partial charge in [-0.2, -0.15) is 13.2 Å². The van der Waals surface area contributed by atoms with Crippen molar-refractivity contribution in [2.75, 3.05) is 6.54 Å². The van der Waals surface area contributed by atoms with E-state index in [0.717, 1.165) is 0 Å². The van der Waals surface area contributed by atoms with Gasteiger partial charge >= 0.3 is 6.18 Å². The fraction of sp³-hybridized carbons (Fsp3) is 0.900. The second kappa shape index (κ2) is 5.49. The molecule has 0 aromatic carbocycles. The standard InChI is InChI=1S/C10H18F3NO/c1-9(2,3)14-7-8(15)5-4-6-10(11,12)13/h14H,4-7H2,1-3H3. The van der Waals surface area contributed by atoms with Gasteiger partial charge in [-0.3, -0.25) is 4.79 Å². The van der Waals surface area contributed by atoms with Crippen LogP contribution in [0.3, 0.4) is 0 Å². The van der Waals surface area contributed by atoms with E-state index in [9.17, 15) is 18.0 Å². The fourth-order valence-electron chi connectivity index (χ4n) is 0.938. The molecule has 0 aliphatic rings. The Bertz CT molecular complexity index is 206. The van der Waals surface area contributed by atoms with Crippen molar-refractivity contribution in [1.29, 1.82) is 0 Å². The molecule has 0 aliphatic heterocycles. The van der Waals surface area contributed by atoms with E-state index in [1.165, 1.54) is 0 Å². The first-order chi connectivity index (χ1) is 6.60. The molecule has 5 heteroatoms. The molecular weight excluding hydrogens is 207 g/mol. The first-order valence-electron chi connectivity index (χ1n) is 4.94. The summed E-state index contributed by atoms with van der Waals surface area (Å²) in [6.07, 6.45) is -5.16. The van der Waals surface area contributed by atoms with Crippen LogP contribution >= 0.6 is 0 Å². The number of halogens is 3. The van der Waals surface area contributed by atoms with Gasteiger partial charge < -0.3 is 5.32 Å². The number of rotatable bonds is 5. The summed E-state index contributed by atoms with van der Waals surface area (Å²) in [5.74, 6) is -0.172. The summed E-state index contributed by atoms with van der Waals surface area (Å²) in [4.78, 5) is 11.1. The third kappa shape index (κ3) is 11.3. The lowest BCUT2D eigenvalue weighted by molar-refractivity contribution is -0.137. The number of Topliss-reactive ketones (excluding diaryl/α,β-unsaturated/α-hetero) is 1. The lowest BCUT2D eigenvalue weighted by atomic mass is 10.1. The van der Waals surface area contributed by atoms with Crippen LogP contribution in [0.4, 0.5) is 13.2 Å². The zero-order valence-electron chi connectivity index (χ0n) is 9.37. The molecule has 0 unspecified atom stereocenters. The van der Waals surface area contributed by atoms with Gasteiger partial charge in [-0.05, 0) is 27.2 Å². The smallest absolute Gasteiger partial charge is 0.305 e. The number of nitrogens with one attached hydrogen (secondary N) is 1. The number of ketones is 1. The van der Waals surface area contributed by atoms with Crippen LogP contribution in [0.1, 0.15) is 40.0 Å². The Morgan fingerprint density at radius 2 is 1.73 bits per heavy atom. The average Bonchev–Trinajstić information content (AvgIpc) is 1.97. The fourth-order valence-corrected chi connectivity index (χ4v) is 0.938. The summed E-state index contributed by atoms with van der Waals surface area (Å²) in [5, 5.41) is 2.94. The minimum Gasteiger partial charge on any atom is -0.305 e. The number of carbonyl (C=O) groups excluding carboxylic acids is 1. The molecule has 0 atom stereocenters. The Morgan fingerprint density at radius 3 is 2.13 bits per heavy atom. The molecule has 0 heterocycles. The second-order valence-corrected chi connectivity index (χ2v) is 4.61. The van der Waals surface area contributed by atoms with Crippen molar-refractivity contribution in [3.63, 3.8) is 0 Å². The molecule has 1 N–H and O–H groups in total. The highest BCUT2D eigenvalue weighted by Gasteiger charge is 2.26. The summed E-state index contributed by atoms with van der Waals surface area (Å²) in [5.41, 5.74) is -0.181. The third-order valence-corrected chi connectivity index (χ3v) is 1.73. The maximum atomic E-state index is 11.8. The molecule has 0 amide bonds. The Hall–Kier alpha value is -0.580. The quantitative estimate of drug-likeness (QED) is 0.779. The molecule has 0 aliphatic carbocycles. The topological polar surface area (TPSA) is 29.1 Å². The second-order valence-electron chi connectivity index (χ2n) is 4.61. The predicted molar refractivity (Wildman–Crippen MR) is 52.7 cm³/mol. The molecule has 0 aromatic heterocycles. The first kappa shape index (κ1) is 14.4. The van der Waals surface area contributed by atoms with E-state index in [4.69, 9.17) is 0 Å². The number of hydrogen-bond acceptors (Lipinski definition) is 2. The lowest BCUT2D eigenvalue weighted by Crippen LogP contribution is -2.39. The van der Waals surface area contributed by atoms with Gasteiger partial charge in [0.2, 0.25) is 0 Å². The van der Waals surface area contributed by atoms with Crippen molar-refractivity contribution in [1.82, 2.24) is 5.32 Å². The van der Waals surface area contributed by atoms with Crippen molar-refractivity contribution >= 4 is 5.78 Å². The zero-order chi connectivity index (χ0) is 12.1. The largest absolute Gasteiger partial charge is 0.389 e. The molecule has 0 saturated heterocycles. The van der Waals surface area contributed by atoms with Crippen LogP contribution in [0.15, 0.2) is 0 Å². The van der Waals surface area contributed by atoms with Crippen molar-refractivity contribution < 1.29 is 18.0 Å². The van der Waals surface area contributed by atoms with Crippen molar-refractivity contribution in [2.24, 2.45) is 0 Å². The molecule has 90 valence electrons. The minimum atomic E-state index is -4.16. The molecule has 0 bridgehead atoms. The van der Waals surface area contributed by atoms with Gasteiger partial charge in [-0.25, -0.2) is 0 Å². The Balaban J connectivity index is 3.60. The van der Waals surface area contributed by atoms with Crippen LogP contribution in [0.25, 0.3) is 0 Å². The first-order valence-corrected chi connectivity index (χ1v) is 4.94. The van der Waals surface area contributed by atoms with Crippen molar-refractivity contribution in [3.8, 4) is 0 Å². The monoisotopic (exact) mass is 225 g/mol. The van der Waals surface area contributed by atoms with Crippen LogP contribution in [0.5, 0.6) is 0 Å². The molecule has 2 nitrogen and oxygen atoms in total. The maximum absolute atomic E-state index is 11.8. The molecule has 0 rings (SSSR count). The summed E-state index contributed by atoms with van der Waals surface area (Å²) in [7, 11) is 0. The summed E-state index contributed by atoms with van der Waals surface area (Å²) in [6.45, 7) is 5.84. The Morgan fingerprint density at radius 1 is 1.20 bits per heavy atom. The van der Waals surface area contributed by atoms with E-state index < -0.39 is 12.6 Å². The average molecular weight is 225 g/mol. The van der Waals surface area contributed by atoms with Crippen LogP contribution in [0, 0.1) is 0 Å². The minimum absolute atomic E-state index is 0.0113. The van der Waals surface area contributed by atoms with Gasteiger partial charge in [0.15, 0.2) is 0 Å². The van der Waals surface area contributed by atoms with E-state index >= 15 is 0 Å². The van der Waals surface area contributed by atoms with Gasteiger partial charge in [0.05, 0.1) is 6.54 Å². The highest BCUT2D eigenvalue weighted by atomic mass is 19.4. The van der Waals surface area contributed by atoms with E-state index in [-0.39, 0.29) is 30.7 Å². The Kier molecular flexibility index (Phi) is 5.28. The molecular formula is C10H18F3NO. The van der Waals surface area contributed by atoms with E-state index in [2.05, 4.69) is 5.32 Å². The summed E-state index contributed by atoms with van der Waals surface area (Å²) < 4.78 is 35.3. The van der Waals surface area contributed by atoms with Gasteiger partial charge in [-0.15, -0.1) is 0 Å². The molecule has 0 fully saturated rings. The zero-order valence-corrected chi connectivity index (χ0v) is 9.37. The predicted octanol–water partition coefficient (Wildman–Crippen LogP) is 2.68. The van der Waals surface area contributed by atoms with Gasteiger partial charge in [0, 0.05) is 18.4 Å². The maximum Gasteiger partial charge on any atom is 0.389 e. The highest BCUT2D eigenvalue weighted by molar-refractivity contribution is 5.80. The van der Waals surface area contributed by atoms with E-state index in [1.807, 2.05) is 20.8 Å². The van der Waals surface area contributed by atoms with Crippen LogP contribution < -0.4 is 5.32 Å². The van der Waals surface area contributed by atoms with E-state index in [0.29, 0.717) is 0 Å². The SMILES string of the molecule is CC(C)(C)NCC(=O)CCCC(F)(F)F. The van der Waals surface area contributed by atoms with Crippen molar-refractivity contribution in [2.45, 2.75) is 51.7 Å².